The first-order valence-corrected chi connectivity index (χ1v) is 8.46. The van der Waals surface area contributed by atoms with Gasteiger partial charge in [-0.05, 0) is 24.0 Å². The molecule has 1 aromatic heterocycles. The molecule has 25 heavy (non-hydrogen) atoms. The summed E-state index contributed by atoms with van der Waals surface area (Å²) in [5.41, 5.74) is 0.923. The number of nitrogens with zero attached hydrogens (tertiary/aromatic N) is 1. The molecular weight excluding hydrogens is 316 g/mol. The van der Waals surface area contributed by atoms with Gasteiger partial charge in [0.05, 0.1) is 6.54 Å². The van der Waals surface area contributed by atoms with Gasteiger partial charge in [0.1, 0.15) is 5.56 Å². The molecule has 1 amide bonds. The molecule has 0 unspecified atom stereocenters. The highest BCUT2D eigenvalue weighted by Crippen LogP contribution is 2.12. The van der Waals surface area contributed by atoms with E-state index in [1.165, 1.54) is 17.7 Å². The van der Waals surface area contributed by atoms with E-state index >= 15 is 0 Å². The first-order valence-electron chi connectivity index (χ1n) is 8.46. The predicted molar refractivity (Wildman–Crippen MR) is 98.0 cm³/mol. The lowest BCUT2D eigenvalue weighted by Crippen LogP contribution is -2.32. The maximum Gasteiger partial charge on any atom is 0.263 e. The van der Waals surface area contributed by atoms with Gasteiger partial charge >= 0.3 is 0 Å². The molecule has 0 saturated heterocycles. The Morgan fingerprint density at radius 2 is 1.84 bits per heavy atom. The Hall–Kier alpha value is -2.69. The van der Waals surface area contributed by atoms with Crippen LogP contribution in [0.15, 0.2) is 47.4 Å². The SMILES string of the molecule is CNC(=O)c1cc(C(=O)CCC(C)C)cn(Cc2ccccc2)c1=O. The maximum atomic E-state index is 12.6. The molecule has 1 heterocycles. The van der Waals surface area contributed by atoms with Crippen molar-refractivity contribution in [3.63, 3.8) is 0 Å². The van der Waals surface area contributed by atoms with Gasteiger partial charge in [0, 0.05) is 25.2 Å². The quantitative estimate of drug-likeness (QED) is 0.788. The van der Waals surface area contributed by atoms with Crippen LogP contribution in [0.25, 0.3) is 0 Å². The van der Waals surface area contributed by atoms with Gasteiger partial charge in [0.25, 0.3) is 11.5 Å². The highest BCUT2D eigenvalue weighted by atomic mass is 16.2. The smallest absolute Gasteiger partial charge is 0.263 e. The van der Waals surface area contributed by atoms with Crippen LogP contribution in [0.4, 0.5) is 0 Å². The van der Waals surface area contributed by atoms with Crippen LogP contribution in [0, 0.1) is 5.92 Å². The van der Waals surface area contributed by atoms with Gasteiger partial charge in [-0.1, -0.05) is 44.2 Å². The molecule has 0 aliphatic heterocycles. The second kappa shape index (κ2) is 8.42. The van der Waals surface area contributed by atoms with Crippen molar-refractivity contribution in [2.75, 3.05) is 7.05 Å². The minimum atomic E-state index is -0.481. The lowest BCUT2D eigenvalue weighted by Gasteiger charge is -2.12. The highest BCUT2D eigenvalue weighted by molar-refractivity contribution is 6.00. The second-order valence-corrected chi connectivity index (χ2v) is 6.50. The van der Waals surface area contributed by atoms with Gasteiger partial charge in [-0.3, -0.25) is 14.4 Å². The number of aromatic nitrogens is 1. The average Bonchev–Trinajstić information content (AvgIpc) is 2.61. The van der Waals surface area contributed by atoms with E-state index < -0.39 is 11.5 Å². The molecule has 0 saturated carbocycles. The lowest BCUT2D eigenvalue weighted by molar-refractivity contribution is 0.0961. The number of ketones is 1. The van der Waals surface area contributed by atoms with Crippen molar-refractivity contribution in [3.8, 4) is 0 Å². The van der Waals surface area contributed by atoms with Gasteiger partial charge in [-0.25, -0.2) is 0 Å². The second-order valence-electron chi connectivity index (χ2n) is 6.50. The summed E-state index contributed by atoms with van der Waals surface area (Å²) in [6.45, 7) is 4.42. The summed E-state index contributed by atoms with van der Waals surface area (Å²) < 4.78 is 1.43. The molecule has 5 nitrogen and oxygen atoms in total. The van der Waals surface area contributed by atoms with E-state index in [4.69, 9.17) is 0 Å². The number of hydrogen-bond donors (Lipinski definition) is 1. The normalized spacial score (nSPS) is 10.7. The summed E-state index contributed by atoms with van der Waals surface area (Å²) in [5.74, 6) is -0.122. The first-order chi connectivity index (χ1) is 11.9. The Morgan fingerprint density at radius 1 is 1.16 bits per heavy atom. The number of carbonyl (C=O) groups excluding carboxylic acids is 2. The average molecular weight is 340 g/mol. The van der Waals surface area contributed by atoms with Crippen LogP contribution in [0.3, 0.4) is 0 Å². The van der Waals surface area contributed by atoms with Crippen molar-refractivity contribution < 1.29 is 9.59 Å². The molecule has 2 rings (SSSR count). The Balaban J connectivity index is 2.43. The van der Waals surface area contributed by atoms with Crippen molar-refractivity contribution in [3.05, 3.63) is 69.6 Å². The lowest BCUT2D eigenvalue weighted by atomic mass is 10.0. The fourth-order valence-electron chi connectivity index (χ4n) is 2.55. The molecule has 0 bridgehead atoms. The minimum absolute atomic E-state index is 0.00571. The highest BCUT2D eigenvalue weighted by Gasteiger charge is 2.17. The zero-order valence-electron chi connectivity index (χ0n) is 14.9. The maximum absolute atomic E-state index is 12.6. The molecule has 0 aliphatic rings. The van der Waals surface area contributed by atoms with E-state index in [0.717, 1.165) is 12.0 Å². The number of amides is 1. The number of benzene rings is 1. The van der Waals surface area contributed by atoms with Crippen LogP contribution in [-0.4, -0.2) is 23.3 Å². The molecule has 2 aromatic rings. The molecule has 0 radical (unpaired) electrons. The monoisotopic (exact) mass is 340 g/mol. The standard InChI is InChI=1S/C20H24N2O3/c1-14(2)9-10-18(23)16-11-17(19(24)21-3)20(25)22(13-16)12-15-7-5-4-6-8-15/h4-8,11,13-14H,9-10,12H2,1-3H3,(H,21,24). The van der Waals surface area contributed by atoms with Crippen molar-refractivity contribution in [2.45, 2.75) is 33.2 Å². The molecule has 132 valence electrons. The van der Waals surface area contributed by atoms with Crippen LogP contribution in [0.2, 0.25) is 0 Å². The van der Waals surface area contributed by atoms with E-state index in [-0.39, 0.29) is 11.3 Å². The van der Waals surface area contributed by atoms with Crippen LogP contribution in [0.5, 0.6) is 0 Å². The van der Waals surface area contributed by atoms with Crippen molar-refractivity contribution in [1.29, 1.82) is 0 Å². The molecule has 5 heteroatoms. The Labute approximate surface area is 147 Å². The van der Waals surface area contributed by atoms with Gasteiger partial charge in [0.15, 0.2) is 5.78 Å². The number of Topliss-reactive ketones (excluding diaryl/α,β-unsaturated/α-hetero) is 1. The van der Waals surface area contributed by atoms with Gasteiger partial charge in [0.2, 0.25) is 0 Å². The summed E-state index contributed by atoms with van der Waals surface area (Å²) in [5, 5.41) is 2.47. The molecule has 1 N–H and O–H groups in total. The molecule has 0 spiro atoms. The number of rotatable bonds is 7. The number of nitrogens with one attached hydrogen (secondary N) is 1. The third-order valence-corrected chi connectivity index (χ3v) is 4.02. The van der Waals surface area contributed by atoms with Gasteiger partial charge in [-0.2, -0.15) is 0 Å². The summed E-state index contributed by atoms with van der Waals surface area (Å²) >= 11 is 0. The summed E-state index contributed by atoms with van der Waals surface area (Å²) in [6, 6.07) is 10.9. The molecule has 0 fully saturated rings. The van der Waals surface area contributed by atoms with Gasteiger partial charge in [-0.15, -0.1) is 0 Å². The Morgan fingerprint density at radius 3 is 2.44 bits per heavy atom. The van der Waals surface area contributed by atoms with E-state index in [1.807, 2.05) is 30.3 Å². The van der Waals surface area contributed by atoms with Crippen LogP contribution < -0.4 is 10.9 Å². The first kappa shape index (κ1) is 18.6. The van der Waals surface area contributed by atoms with Crippen molar-refractivity contribution in [1.82, 2.24) is 9.88 Å². The Bertz CT molecular complexity index is 807. The van der Waals surface area contributed by atoms with Crippen LogP contribution >= 0.6 is 0 Å². The number of carbonyl (C=O) groups is 2. The molecule has 0 aliphatic carbocycles. The van der Waals surface area contributed by atoms with Crippen LogP contribution in [-0.2, 0) is 6.54 Å². The number of pyridine rings is 1. The molecule has 0 atom stereocenters. The zero-order valence-corrected chi connectivity index (χ0v) is 14.9. The zero-order chi connectivity index (χ0) is 18.4. The fraction of sp³-hybridized carbons (Fsp3) is 0.350. The minimum Gasteiger partial charge on any atom is -0.355 e. The predicted octanol–water partition coefficient (Wildman–Crippen LogP) is 2.88. The third kappa shape index (κ3) is 4.89. The summed E-state index contributed by atoms with van der Waals surface area (Å²) in [4.78, 5) is 37.1. The van der Waals surface area contributed by atoms with E-state index in [2.05, 4.69) is 19.2 Å². The number of hydrogen-bond acceptors (Lipinski definition) is 3. The molecule has 1 aromatic carbocycles. The topological polar surface area (TPSA) is 68.2 Å². The Kier molecular flexibility index (Phi) is 6.28. The van der Waals surface area contributed by atoms with Crippen LogP contribution in [0.1, 0.15) is 53.0 Å². The molecular formula is C20H24N2O3. The fourth-order valence-corrected chi connectivity index (χ4v) is 2.55. The summed E-state index contributed by atoms with van der Waals surface area (Å²) in [6.07, 6.45) is 2.73. The van der Waals surface area contributed by atoms with E-state index in [9.17, 15) is 14.4 Å². The van der Waals surface area contributed by atoms with E-state index in [1.54, 1.807) is 6.20 Å². The van der Waals surface area contributed by atoms with Gasteiger partial charge < -0.3 is 9.88 Å². The van der Waals surface area contributed by atoms with Crippen molar-refractivity contribution >= 4 is 11.7 Å². The van der Waals surface area contributed by atoms with Crippen molar-refractivity contribution in [2.24, 2.45) is 5.92 Å². The largest absolute Gasteiger partial charge is 0.355 e. The summed E-state index contributed by atoms with van der Waals surface area (Å²) in [7, 11) is 1.47. The third-order valence-electron chi connectivity index (χ3n) is 4.02. The van der Waals surface area contributed by atoms with E-state index in [0.29, 0.717) is 24.4 Å².